The zero-order chi connectivity index (χ0) is 28.6. The van der Waals surface area contributed by atoms with Gasteiger partial charge < -0.3 is 20.4 Å². The smallest absolute Gasteiger partial charge is 0.253 e. The van der Waals surface area contributed by atoms with Crippen LogP contribution in [0, 0.1) is 11.6 Å². The lowest BCUT2D eigenvalue weighted by Gasteiger charge is -2.40. The first-order chi connectivity index (χ1) is 19.1. The maximum Gasteiger partial charge on any atom is 0.253 e. The van der Waals surface area contributed by atoms with Gasteiger partial charge in [-0.3, -0.25) is 4.79 Å². The van der Waals surface area contributed by atoms with Gasteiger partial charge in [0.1, 0.15) is 29.5 Å². The predicted molar refractivity (Wildman–Crippen MR) is 152 cm³/mol. The first kappa shape index (κ1) is 27.4. The summed E-state index contributed by atoms with van der Waals surface area (Å²) in [7, 11) is 3.87. The highest BCUT2D eigenvalue weighted by Gasteiger charge is 2.28. The molecule has 1 atom stereocenters. The summed E-state index contributed by atoms with van der Waals surface area (Å²) in [5.74, 6) is -0.0679. The Bertz CT molecular complexity index is 1560. The van der Waals surface area contributed by atoms with Gasteiger partial charge in [0.25, 0.3) is 5.91 Å². The van der Waals surface area contributed by atoms with Gasteiger partial charge in [-0.15, -0.1) is 5.10 Å². The van der Waals surface area contributed by atoms with Gasteiger partial charge in [-0.25, -0.2) is 23.4 Å². The minimum Gasteiger partial charge on any atom is -0.396 e. The summed E-state index contributed by atoms with van der Waals surface area (Å²) in [6.07, 6.45) is 3.12. The summed E-state index contributed by atoms with van der Waals surface area (Å²) in [5, 5.41) is 8.11. The molecule has 2 aromatic heterocycles. The van der Waals surface area contributed by atoms with Crippen LogP contribution in [0.15, 0.2) is 53.4 Å². The van der Waals surface area contributed by atoms with Crippen molar-refractivity contribution >= 4 is 39.2 Å². The van der Waals surface area contributed by atoms with Crippen molar-refractivity contribution in [3.05, 3.63) is 76.2 Å². The molecule has 10 nitrogen and oxygen atoms in total. The van der Waals surface area contributed by atoms with E-state index in [0.29, 0.717) is 31.7 Å². The molecule has 40 heavy (non-hydrogen) atoms. The number of piperazine rings is 1. The Hall–Kier alpha value is -4.13. The van der Waals surface area contributed by atoms with Crippen molar-refractivity contribution in [3.63, 3.8) is 0 Å². The maximum absolute atomic E-state index is 14.2. The molecule has 0 aliphatic carbocycles. The molecule has 1 fully saturated rings. The van der Waals surface area contributed by atoms with Crippen molar-refractivity contribution in [1.82, 2.24) is 29.9 Å². The molecule has 1 unspecified atom stereocenters. The van der Waals surface area contributed by atoms with E-state index in [1.54, 1.807) is 18.6 Å². The van der Waals surface area contributed by atoms with E-state index in [9.17, 15) is 13.6 Å². The SMILES string of the molecule is CC1CN(C(=O)c2cccc(Cn3cc(-c4cc(F)c(Br)c(F)c4N)nn3)c2)CCN1c1cc(N(C)C)ncn1. The lowest BCUT2D eigenvalue weighted by atomic mass is 10.1. The van der Waals surface area contributed by atoms with E-state index < -0.39 is 11.6 Å². The Morgan fingerprint density at radius 1 is 1.18 bits per heavy atom. The topological polar surface area (TPSA) is 109 Å². The monoisotopic (exact) mass is 611 g/mol. The van der Waals surface area contributed by atoms with Gasteiger partial charge in [0.15, 0.2) is 5.82 Å². The Labute approximate surface area is 238 Å². The average Bonchev–Trinajstić information content (AvgIpc) is 3.41. The second-order valence-electron chi connectivity index (χ2n) is 9.87. The molecule has 1 saturated heterocycles. The van der Waals surface area contributed by atoms with Gasteiger partial charge >= 0.3 is 0 Å². The van der Waals surface area contributed by atoms with Crippen LogP contribution in [-0.4, -0.2) is 75.5 Å². The van der Waals surface area contributed by atoms with Crippen LogP contribution in [0.3, 0.4) is 0 Å². The molecular formula is C27H28BrF2N9O. The Morgan fingerprint density at radius 3 is 2.73 bits per heavy atom. The van der Waals surface area contributed by atoms with Gasteiger partial charge in [0.05, 0.1) is 22.9 Å². The van der Waals surface area contributed by atoms with Gasteiger partial charge in [-0.05, 0) is 46.6 Å². The molecule has 2 N–H and O–H groups in total. The van der Waals surface area contributed by atoms with Crippen molar-refractivity contribution in [2.75, 3.05) is 49.3 Å². The van der Waals surface area contributed by atoms with Crippen molar-refractivity contribution in [2.24, 2.45) is 0 Å². The van der Waals surface area contributed by atoms with Crippen LogP contribution in [0.25, 0.3) is 11.3 Å². The fourth-order valence-corrected chi connectivity index (χ4v) is 5.04. The highest BCUT2D eigenvalue weighted by atomic mass is 79.9. The Kier molecular flexibility index (Phi) is 7.66. The second kappa shape index (κ2) is 11.2. The van der Waals surface area contributed by atoms with E-state index in [-0.39, 0.29) is 33.4 Å². The van der Waals surface area contributed by atoms with Crippen LogP contribution < -0.4 is 15.5 Å². The van der Waals surface area contributed by atoms with Gasteiger partial charge in [0.2, 0.25) is 0 Å². The highest BCUT2D eigenvalue weighted by molar-refractivity contribution is 9.10. The van der Waals surface area contributed by atoms with E-state index in [1.165, 1.54) is 4.68 Å². The minimum atomic E-state index is -0.888. The lowest BCUT2D eigenvalue weighted by molar-refractivity contribution is 0.0726. The summed E-state index contributed by atoms with van der Waals surface area (Å²) < 4.78 is 29.5. The number of carbonyl (C=O) groups is 1. The summed E-state index contributed by atoms with van der Waals surface area (Å²) in [6, 6.07) is 10.4. The second-order valence-corrected chi connectivity index (χ2v) is 10.7. The number of anilines is 3. The molecule has 0 radical (unpaired) electrons. The highest BCUT2D eigenvalue weighted by Crippen LogP contribution is 2.33. The summed E-state index contributed by atoms with van der Waals surface area (Å²) in [5.41, 5.74) is 7.36. The van der Waals surface area contributed by atoms with Crippen LogP contribution in [-0.2, 0) is 6.54 Å². The zero-order valence-corrected chi connectivity index (χ0v) is 23.8. The number of carbonyl (C=O) groups excluding carboxylic acids is 1. The standard InChI is InChI=1S/C27H28BrF2N9O/c1-16-12-37(7-8-39(16)23-11-22(36(2)3)32-15-33-23)27(40)18-6-4-5-17(9-18)13-38-14-21(34-35-38)19-10-20(29)24(28)25(30)26(19)31/h4-6,9-11,14-16H,7-8,12-13,31H2,1-3H3. The number of nitrogens with zero attached hydrogens (tertiary/aromatic N) is 8. The Morgan fingerprint density at radius 2 is 1.98 bits per heavy atom. The molecular weight excluding hydrogens is 584 g/mol. The van der Waals surface area contributed by atoms with Crippen LogP contribution in [0.1, 0.15) is 22.8 Å². The molecule has 3 heterocycles. The number of amides is 1. The lowest BCUT2D eigenvalue weighted by Crippen LogP contribution is -2.54. The third kappa shape index (κ3) is 5.46. The summed E-state index contributed by atoms with van der Waals surface area (Å²) in [4.78, 5) is 28.1. The predicted octanol–water partition coefficient (Wildman–Crippen LogP) is 3.82. The molecule has 0 bridgehead atoms. The number of aromatic nitrogens is 5. The third-order valence-corrected chi connectivity index (χ3v) is 7.57. The number of rotatable bonds is 6. The van der Waals surface area contributed by atoms with Crippen LogP contribution >= 0.6 is 15.9 Å². The molecule has 5 rings (SSSR count). The normalized spacial score (nSPS) is 15.4. The Balaban J connectivity index is 1.27. The van der Waals surface area contributed by atoms with E-state index in [4.69, 9.17) is 5.73 Å². The molecule has 2 aromatic carbocycles. The number of halogens is 3. The maximum atomic E-state index is 14.2. The van der Waals surface area contributed by atoms with E-state index in [0.717, 1.165) is 23.3 Å². The number of nitrogens with two attached hydrogens (primary N) is 1. The van der Waals surface area contributed by atoms with Crippen LogP contribution in [0.4, 0.5) is 26.1 Å². The average molecular weight is 612 g/mol. The van der Waals surface area contributed by atoms with Gasteiger partial charge in [0, 0.05) is 57.0 Å². The van der Waals surface area contributed by atoms with E-state index >= 15 is 0 Å². The largest absolute Gasteiger partial charge is 0.396 e. The van der Waals surface area contributed by atoms with Gasteiger partial charge in [-0.2, -0.15) is 0 Å². The fourth-order valence-electron chi connectivity index (χ4n) is 4.71. The fraction of sp³-hybridized carbons (Fsp3) is 0.296. The van der Waals surface area contributed by atoms with Crippen LogP contribution in [0.2, 0.25) is 0 Å². The number of benzene rings is 2. The quantitative estimate of drug-likeness (QED) is 0.259. The molecule has 1 amide bonds. The van der Waals surface area contributed by atoms with Crippen molar-refractivity contribution in [3.8, 4) is 11.3 Å². The molecule has 1 aliphatic heterocycles. The summed E-state index contributed by atoms with van der Waals surface area (Å²) in [6.45, 7) is 4.15. The van der Waals surface area contributed by atoms with E-state index in [1.807, 2.05) is 48.2 Å². The zero-order valence-electron chi connectivity index (χ0n) is 22.2. The number of hydrogen-bond acceptors (Lipinski definition) is 8. The first-order valence-electron chi connectivity index (χ1n) is 12.6. The summed E-state index contributed by atoms with van der Waals surface area (Å²) >= 11 is 2.85. The van der Waals surface area contributed by atoms with Crippen LogP contribution in [0.5, 0.6) is 0 Å². The third-order valence-electron chi connectivity index (χ3n) is 6.84. The van der Waals surface area contributed by atoms with Crippen molar-refractivity contribution < 1.29 is 13.6 Å². The van der Waals surface area contributed by atoms with Crippen molar-refractivity contribution in [2.45, 2.75) is 19.5 Å². The van der Waals surface area contributed by atoms with Gasteiger partial charge in [-0.1, -0.05) is 17.3 Å². The molecule has 0 saturated carbocycles. The molecule has 13 heteroatoms. The van der Waals surface area contributed by atoms with Crippen molar-refractivity contribution in [1.29, 1.82) is 0 Å². The molecule has 208 valence electrons. The number of nitrogen functional groups attached to an aromatic ring is 1. The molecule has 1 aliphatic rings. The number of hydrogen-bond donors (Lipinski definition) is 1. The first-order valence-corrected chi connectivity index (χ1v) is 13.4. The molecule has 0 spiro atoms. The van der Waals surface area contributed by atoms with E-state index in [2.05, 4.69) is 48.0 Å². The minimum absolute atomic E-state index is 0.0575. The molecule has 4 aromatic rings.